The third-order valence-electron chi connectivity index (χ3n) is 2.74. The number of urea groups is 1. The molecule has 2 amide bonds. The number of hydrogen-bond donors (Lipinski definition) is 3. The van der Waals surface area contributed by atoms with Crippen LogP contribution in [0.3, 0.4) is 0 Å². The summed E-state index contributed by atoms with van der Waals surface area (Å²) in [6, 6.07) is 12.0. The third kappa shape index (κ3) is 3.96. The Morgan fingerprint density at radius 2 is 1.48 bits per heavy atom. The second-order valence-corrected chi connectivity index (χ2v) is 6.17. The minimum absolute atomic E-state index is 0.0955. The molecule has 0 bridgehead atoms. The lowest BCUT2D eigenvalue weighted by Gasteiger charge is -2.09. The zero-order valence-electron chi connectivity index (χ0n) is 11.3. The van der Waals surface area contributed by atoms with Gasteiger partial charge in [0, 0.05) is 11.4 Å². The molecule has 0 aliphatic heterocycles. The van der Waals surface area contributed by atoms with E-state index in [-0.39, 0.29) is 4.90 Å². The predicted molar refractivity (Wildman–Crippen MR) is 81.6 cm³/mol. The topological polar surface area (TPSA) is 101 Å². The smallest absolute Gasteiger partial charge is 0.316 e. The standard InChI is InChI=1S/C14H15N3O3S/c1-10-2-4-12(5-3-10)17-21(19,20)13-8-6-11(7-9-13)16-14(15)18/h2-9,17H,1H3,(H3,15,16,18). The Morgan fingerprint density at radius 3 is 2.00 bits per heavy atom. The number of anilines is 2. The molecule has 21 heavy (non-hydrogen) atoms. The van der Waals surface area contributed by atoms with Gasteiger partial charge in [-0.15, -0.1) is 0 Å². The molecule has 0 saturated carbocycles. The molecule has 0 unspecified atom stereocenters. The van der Waals surface area contributed by atoms with Gasteiger partial charge in [0.15, 0.2) is 0 Å². The second-order valence-electron chi connectivity index (χ2n) is 4.49. The minimum atomic E-state index is -3.67. The molecule has 2 rings (SSSR count). The summed E-state index contributed by atoms with van der Waals surface area (Å²) in [4.78, 5) is 10.8. The first-order chi connectivity index (χ1) is 9.87. The van der Waals surface area contributed by atoms with Gasteiger partial charge in [-0.3, -0.25) is 4.72 Å². The van der Waals surface area contributed by atoms with Crippen molar-refractivity contribution in [2.24, 2.45) is 5.73 Å². The zero-order chi connectivity index (χ0) is 15.5. The quantitative estimate of drug-likeness (QED) is 0.807. The van der Waals surface area contributed by atoms with Crippen LogP contribution < -0.4 is 15.8 Å². The van der Waals surface area contributed by atoms with Crippen LogP contribution in [-0.4, -0.2) is 14.4 Å². The average molecular weight is 305 g/mol. The van der Waals surface area contributed by atoms with Crippen LogP contribution in [-0.2, 0) is 10.0 Å². The molecule has 0 fully saturated rings. The molecule has 2 aromatic rings. The van der Waals surface area contributed by atoms with Gasteiger partial charge >= 0.3 is 6.03 Å². The number of benzene rings is 2. The highest BCUT2D eigenvalue weighted by Gasteiger charge is 2.14. The molecule has 7 heteroatoms. The number of nitrogens with two attached hydrogens (primary N) is 1. The van der Waals surface area contributed by atoms with Gasteiger partial charge in [0.25, 0.3) is 10.0 Å². The molecular weight excluding hydrogens is 290 g/mol. The number of sulfonamides is 1. The monoisotopic (exact) mass is 305 g/mol. The van der Waals surface area contributed by atoms with E-state index in [9.17, 15) is 13.2 Å². The van der Waals surface area contributed by atoms with Crippen molar-refractivity contribution < 1.29 is 13.2 Å². The van der Waals surface area contributed by atoms with E-state index in [1.54, 1.807) is 12.1 Å². The lowest BCUT2D eigenvalue weighted by atomic mass is 10.2. The Balaban J connectivity index is 2.19. The van der Waals surface area contributed by atoms with E-state index in [4.69, 9.17) is 5.73 Å². The highest BCUT2D eigenvalue weighted by Crippen LogP contribution is 2.18. The van der Waals surface area contributed by atoms with E-state index in [1.807, 2.05) is 19.1 Å². The first-order valence-corrected chi connectivity index (χ1v) is 7.61. The first-order valence-electron chi connectivity index (χ1n) is 6.13. The van der Waals surface area contributed by atoms with E-state index >= 15 is 0 Å². The van der Waals surface area contributed by atoms with Crippen LogP contribution in [0.2, 0.25) is 0 Å². The summed E-state index contributed by atoms with van der Waals surface area (Å²) in [6.45, 7) is 1.92. The third-order valence-corrected chi connectivity index (χ3v) is 4.13. The number of nitrogens with one attached hydrogen (secondary N) is 2. The van der Waals surface area contributed by atoms with Crippen LogP contribution >= 0.6 is 0 Å². The number of rotatable bonds is 4. The second kappa shape index (κ2) is 5.84. The van der Waals surface area contributed by atoms with Gasteiger partial charge in [0.2, 0.25) is 0 Å². The van der Waals surface area contributed by atoms with Crippen molar-refractivity contribution in [1.82, 2.24) is 0 Å². The van der Waals surface area contributed by atoms with Crippen LogP contribution in [0.5, 0.6) is 0 Å². The van der Waals surface area contributed by atoms with E-state index in [0.29, 0.717) is 11.4 Å². The lowest BCUT2D eigenvalue weighted by Crippen LogP contribution is -2.19. The fraction of sp³-hybridized carbons (Fsp3) is 0.0714. The predicted octanol–water partition coefficient (Wildman–Crippen LogP) is 2.29. The highest BCUT2D eigenvalue weighted by atomic mass is 32.2. The number of carbonyl (C=O) groups is 1. The molecule has 2 aromatic carbocycles. The van der Waals surface area contributed by atoms with Crippen LogP contribution in [0, 0.1) is 6.92 Å². The molecule has 6 nitrogen and oxygen atoms in total. The van der Waals surface area contributed by atoms with Crippen molar-refractivity contribution in [3.8, 4) is 0 Å². The fourth-order valence-corrected chi connectivity index (χ4v) is 2.75. The number of primary amides is 1. The van der Waals surface area contributed by atoms with Crippen LogP contribution in [0.1, 0.15) is 5.56 Å². The molecular formula is C14H15N3O3S. The van der Waals surface area contributed by atoms with E-state index in [0.717, 1.165) is 5.56 Å². The average Bonchev–Trinajstić information content (AvgIpc) is 2.41. The number of hydrogen-bond acceptors (Lipinski definition) is 3. The molecule has 0 spiro atoms. The molecule has 0 aliphatic carbocycles. The summed E-state index contributed by atoms with van der Waals surface area (Å²) < 4.78 is 26.9. The molecule has 0 saturated heterocycles. The summed E-state index contributed by atoms with van der Waals surface area (Å²) in [5, 5.41) is 2.36. The molecule has 4 N–H and O–H groups in total. The summed E-state index contributed by atoms with van der Waals surface area (Å²) in [5.41, 5.74) is 6.94. The van der Waals surface area contributed by atoms with Gasteiger partial charge in [-0.25, -0.2) is 13.2 Å². The molecule has 0 radical (unpaired) electrons. The van der Waals surface area contributed by atoms with Crippen LogP contribution in [0.4, 0.5) is 16.2 Å². The summed E-state index contributed by atoms with van der Waals surface area (Å²) in [7, 11) is -3.67. The number of carbonyl (C=O) groups excluding carboxylic acids is 1. The highest BCUT2D eigenvalue weighted by molar-refractivity contribution is 7.92. The molecule has 0 heterocycles. The Morgan fingerprint density at radius 1 is 0.952 bits per heavy atom. The van der Waals surface area contributed by atoms with Crippen molar-refractivity contribution in [3.05, 3.63) is 54.1 Å². The largest absolute Gasteiger partial charge is 0.351 e. The van der Waals surface area contributed by atoms with Crippen molar-refractivity contribution in [2.75, 3.05) is 10.0 Å². The summed E-state index contributed by atoms with van der Waals surface area (Å²) in [6.07, 6.45) is 0. The normalized spacial score (nSPS) is 10.9. The maximum absolute atomic E-state index is 12.2. The number of amides is 2. The van der Waals surface area contributed by atoms with Crippen molar-refractivity contribution >= 4 is 27.4 Å². The molecule has 0 aliphatic rings. The summed E-state index contributed by atoms with van der Waals surface area (Å²) >= 11 is 0. The molecule has 0 aromatic heterocycles. The van der Waals surface area contributed by atoms with E-state index < -0.39 is 16.1 Å². The maximum atomic E-state index is 12.2. The number of aryl methyl sites for hydroxylation is 1. The molecule has 0 atom stereocenters. The van der Waals surface area contributed by atoms with Gasteiger partial charge in [-0.05, 0) is 43.3 Å². The minimum Gasteiger partial charge on any atom is -0.351 e. The Labute approximate surface area is 123 Å². The molecule has 110 valence electrons. The van der Waals surface area contributed by atoms with Crippen molar-refractivity contribution in [1.29, 1.82) is 0 Å². The summed E-state index contributed by atoms with van der Waals surface area (Å²) in [5.74, 6) is 0. The van der Waals surface area contributed by atoms with Gasteiger partial charge in [-0.2, -0.15) is 0 Å². The van der Waals surface area contributed by atoms with Gasteiger partial charge in [0.05, 0.1) is 4.90 Å². The Hall–Kier alpha value is -2.54. The van der Waals surface area contributed by atoms with E-state index in [1.165, 1.54) is 24.3 Å². The van der Waals surface area contributed by atoms with Crippen molar-refractivity contribution in [2.45, 2.75) is 11.8 Å². The van der Waals surface area contributed by atoms with E-state index in [2.05, 4.69) is 10.0 Å². The van der Waals surface area contributed by atoms with Crippen LogP contribution in [0.25, 0.3) is 0 Å². The SMILES string of the molecule is Cc1ccc(NS(=O)(=O)c2ccc(NC(N)=O)cc2)cc1. The maximum Gasteiger partial charge on any atom is 0.316 e. The Bertz CT molecular complexity index is 738. The zero-order valence-corrected chi connectivity index (χ0v) is 12.1. The Kier molecular flexibility index (Phi) is 4.13. The van der Waals surface area contributed by atoms with Gasteiger partial charge in [-0.1, -0.05) is 17.7 Å². The van der Waals surface area contributed by atoms with Gasteiger partial charge < -0.3 is 11.1 Å². The fourth-order valence-electron chi connectivity index (χ4n) is 1.70. The first kappa shape index (κ1) is 14.9. The lowest BCUT2D eigenvalue weighted by molar-refractivity contribution is 0.259. The van der Waals surface area contributed by atoms with Crippen LogP contribution in [0.15, 0.2) is 53.4 Å². The van der Waals surface area contributed by atoms with Gasteiger partial charge in [0.1, 0.15) is 0 Å². The van der Waals surface area contributed by atoms with Crippen molar-refractivity contribution in [3.63, 3.8) is 0 Å².